The zero-order valence-electron chi connectivity index (χ0n) is 15.3. The van der Waals surface area contributed by atoms with Gasteiger partial charge in [0, 0.05) is 16.6 Å². The lowest BCUT2D eigenvalue weighted by atomic mass is 10.2. The van der Waals surface area contributed by atoms with Crippen LogP contribution in [0.15, 0.2) is 76.7 Å². The molecule has 0 spiro atoms. The van der Waals surface area contributed by atoms with Crippen molar-refractivity contribution in [2.24, 2.45) is 0 Å². The summed E-state index contributed by atoms with van der Waals surface area (Å²) in [6.07, 6.45) is 1.82. The lowest BCUT2D eigenvalue weighted by molar-refractivity contribution is -0.115. The number of aromatic amines is 1. The molecule has 0 radical (unpaired) electrons. The average molecular weight is 400 g/mol. The summed E-state index contributed by atoms with van der Waals surface area (Å²) < 4.78 is 5.34. The summed E-state index contributed by atoms with van der Waals surface area (Å²) in [7, 11) is 0. The number of anilines is 1. The lowest BCUT2D eigenvalue weighted by Gasteiger charge is -2.05. The standard InChI is InChI=1S/C22H16N4O2S/c27-20(12-16-13-29-22(24-16)19-6-3-11-28-19)23-15-9-7-14(8-10-15)21-25-17-4-1-2-5-18(17)26-21/h1-11,13H,12H2,(H,23,27)(H,25,26). The number of nitrogens with zero attached hydrogens (tertiary/aromatic N) is 2. The number of para-hydroxylation sites is 2. The van der Waals surface area contributed by atoms with Gasteiger partial charge in [0.15, 0.2) is 10.8 Å². The number of nitrogens with one attached hydrogen (secondary N) is 2. The summed E-state index contributed by atoms with van der Waals surface area (Å²) in [6.45, 7) is 0. The van der Waals surface area contributed by atoms with Crippen molar-refractivity contribution in [2.75, 3.05) is 5.32 Å². The number of hydrogen-bond donors (Lipinski definition) is 2. The highest BCUT2D eigenvalue weighted by Crippen LogP contribution is 2.25. The Labute approximate surface area is 170 Å². The van der Waals surface area contributed by atoms with Crippen LogP contribution in [0.3, 0.4) is 0 Å². The number of hydrogen-bond acceptors (Lipinski definition) is 5. The van der Waals surface area contributed by atoms with E-state index in [1.165, 1.54) is 11.3 Å². The predicted molar refractivity (Wildman–Crippen MR) is 114 cm³/mol. The molecule has 2 aromatic carbocycles. The Kier molecular flexibility index (Phi) is 4.42. The Morgan fingerprint density at radius 2 is 1.90 bits per heavy atom. The van der Waals surface area contributed by atoms with Crippen LogP contribution >= 0.6 is 11.3 Å². The molecule has 0 aliphatic heterocycles. The zero-order valence-corrected chi connectivity index (χ0v) is 16.1. The van der Waals surface area contributed by atoms with Crippen molar-refractivity contribution < 1.29 is 9.21 Å². The minimum atomic E-state index is -0.113. The molecule has 0 saturated heterocycles. The number of amides is 1. The molecule has 0 aliphatic rings. The molecule has 0 atom stereocenters. The number of H-pyrrole nitrogens is 1. The minimum absolute atomic E-state index is 0.113. The summed E-state index contributed by atoms with van der Waals surface area (Å²) in [5, 5.41) is 5.56. The third kappa shape index (κ3) is 3.68. The van der Waals surface area contributed by atoms with Gasteiger partial charge in [0.1, 0.15) is 5.82 Å². The molecule has 5 rings (SSSR count). The molecular weight excluding hydrogens is 384 g/mol. The number of benzene rings is 2. The van der Waals surface area contributed by atoms with Crippen molar-refractivity contribution in [3.63, 3.8) is 0 Å². The Hall–Kier alpha value is -3.71. The van der Waals surface area contributed by atoms with Gasteiger partial charge in [-0.15, -0.1) is 11.3 Å². The van der Waals surface area contributed by atoms with E-state index in [2.05, 4.69) is 20.3 Å². The highest BCUT2D eigenvalue weighted by Gasteiger charge is 2.11. The first-order valence-electron chi connectivity index (χ1n) is 9.08. The minimum Gasteiger partial charge on any atom is -0.462 e. The molecule has 7 heteroatoms. The van der Waals surface area contributed by atoms with Crippen LogP contribution in [0, 0.1) is 0 Å². The van der Waals surface area contributed by atoms with E-state index in [0.717, 1.165) is 38.8 Å². The van der Waals surface area contributed by atoms with Crippen molar-refractivity contribution >= 4 is 34.0 Å². The zero-order chi connectivity index (χ0) is 19.6. The van der Waals surface area contributed by atoms with Crippen LogP contribution in [0.25, 0.3) is 33.2 Å². The molecule has 0 unspecified atom stereocenters. The fourth-order valence-electron chi connectivity index (χ4n) is 3.07. The van der Waals surface area contributed by atoms with Crippen LogP contribution < -0.4 is 5.32 Å². The van der Waals surface area contributed by atoms with Crippen molar-refractivity contribution in [1.29, 1.82) is 0 Å². The van der Waals surface area contributed by atoms with Gasteiger partial charge in [-0.05, 0) is 48.5 Å². The van der Waals surface area contributed by atoms with E-state index in [4.69, 9.17) is 4.42 Å². The smallest absolute Gasteiger partial charge is 0.230 e. The largest absolute Gasteiger partial charge is 0.462 e. The average Bonchev–Trinajstić information content (AvgIpc) is 3.48. The van der Waals surface area contributed by atoms with Gasteiger partial charge in [0.05, 0.1) is 29.4 Å². The van der Waals surface area contributed by atoms with Crippen LogP contribution in [0.1, 0.15) is 5.69 Å². The van der Waals surface area contributed by atoms with Gasteiger partial charge in [-0.1, -0.05) is 12.1 Å². The third-order valence-corrected chi connectivity index (χ3v) is 5.36. The topological polar surface area (TPSA) is 83.8 Å². The van der Waals surface area contributed by atoms with Crippen molar-refractivity contribution in [3.05, 3.63) is 78.0 Å². The molecule has 6 nitrogen and oxygen atoms in total. The maximum absolute atomic E-state index is 12.4. The van der Waals surface area contributed by atoms with E-state index in [9.17, 15) is 4.79 Å². The summed E-state index contributed by atoms with van der Waals surface area (Å²) in [4.78, 5) is 24.7. The van der Waals surface area contributed by atoms with Crippen LogP contribution in [0.4, 0.5) is 5.69 Å². The van der Waals surface area contributed by atoms with Gasteiger partial charge >= 0.3 is 0 Å². The molecule has 2 N–H and O–H groups in total. The van der Waals surface area contributed by atoms with Gasteiger partial charge < -0.3 is 14.7 Å². The molecular formula is C22H16N4O2S. The number of carbonyl (C=O) groups is 1. The Balaban J connectivity index is 1.25. The fourth-order valence-corrected chi connectivity index (χ4v) is 3.86. The van der Waals surface area contributed by atoms with Crippen LogP contribution in [-0.4, -0.2) is 20.9 Å². The summed E-state index contributed by atoms with van der Waals surface area (Å²) >= 11 is 1.46. The van der Waals surface area contributed by atoms with Gasteiger partial charge in [0.25, 0.3) is 0 Å². The molecule has 0 fully saturated rings. The number of aromatic nitrogens is 3. The maximum atomic E-state index is 12.4. The highest BCUT2D eigenvalue weighted by atomic mass is 32.1. The molecule has 3 aromatic heterocycles. The SMILES string of the molecule is O=C(Cc1csc(-c2ccco2)n1)Nc1ccc(-c2nc3ccccc3[nH]2)cc1. The number of carbonyl (C=O) groups excluding carboxylic acids is 1. The number of fused-ring (bicyclic) bond motifs is 1. The van der Waals surface area contributed by atoms with Crippen molar-refractivity contribution in [2.45, 2.75) is 6.42 Å². The first-order chi connectivity index (χ1) is 14.2. The van der Waals surface area contributed by atoms with E-state index in [0.29, 0.717) is 5.76 Å². The second-order valence-corrected chi connectivity index (χ2v) is 7.38. The Morgan fingerprint density at radius 1 is 1.03 bits per heavy atom. The lowest BCUT2D eigenvalue weighted by Crippen LogP contribution is -2.14. The van der Waals surface area contributed by atoms with Crippen LogP contribution in [-0.2, 0) is 11.2 Å². The molecule has 1 amide bonds. The van der Waals surface area contributed by atoms with E-state index in [1.807, 2.05) is 66.0 Å². The molecule has 0 bridgehead atoms. The van der Waals surface area contributed by atoms with Crippen molar-refractivity contribution in [1.82, 2.24) is 15.0 Å². The molecule has 3 heterocycles. The van der Waals surface area contributed by atoms with Crippen LogP contribution in [0.2, 0.25) is 0 Å². The number of imidazole rings is 1. The second kappa shape index (κ2) is 7.37. The molecule has 142 valence electrons. The molecule has 0 saturated carbocycles. The first-order valence-corrected chi connectivity index (χ1v) is 9.96. The van der Waals surface area contributed by atoms with Gasteiger partial charge in [-0.25, -0.2) is 9.97 Å². The van der Waals surface area contributed by atoms with E-state index in [-0.39, 0.29) is 12.3 Å². The molecule has 5 aromatic rings. The summed E-state index contributed by atoms with van der Waals surface area (Å²) in [5.41, 5.74) is 4.34. The summed E-state index contributed by atoms with van der Waals surface area (Å²) in [6, 6.07) is 19.2. The quantitative estimate of drug-likeness (QED) is 0.428. The number of rotatable bonds is 5. The van der Waals surface area contributed by atoms with Gasteiger partial charge in [-0.2, -0.15) is 0 Å². The number of thiazole rings is 1. The van der Waals surface area contributed by atoms with Gasteiger partial charge in [-0.3, -0.25) is 4.79 Å². The molecule has 29 heavy (non-hydrogen) atoms. The fraction of sp³-hybridized carbons (Fsp3) is 0.0455. The number of furan rings is 1. The first kappa shape index (κ1) is 17.4. The van der Waals surface area contributed by atoms with Gasteiger partial charge in [0.2, 0.25) is 5.91 Å². The summed E-state index contributed by atoms with van der Waals surface area (Å²) in [5.74, 6) is 1.40. The van der Waals surface area contributed by atoms with Crippen molar-refractivity contribution in [3.8, 4) is 22.2 Å². The molecule has 0 aliphatic carbocycles. The Morgan fingerprint density at radius 3 is 2.69 bits per heavy atom. The predicted octanol–water partition coefficient (Wildman–Crippen LogP) is 5.13. The van der Waals surface area contributed by atoms with E-state index >= 15 is 0 Å². The third-order valence-electron chi connectivity index (χ3n) is 4.46. The second-order valence-electron chi connectivity index (χ2n) is 6.53. The van der Waals surface area contributed by atoms with E-state index in [1.54, 1.807) is 6.26 Å². The highest BCUT2D eigenvalue weighted by molar-refractivity contribution is 7.13. The normalized spacial score (nSPS) is 11.0. The monoisotopic (exact) mass is 400 g/mol. The maximum Gasteiger partial charge on any atom is 0.230 e. The van der Waals surface area contributed by atoms with Crippen LogP contribution in [0.5, 0.6) is 0 Å². The van der Waals surface area contributed by atoms with E-state index < -0.39 is 0 Å². The Bertz CT molecular complexity index is 1240.